The van der Waals surface area contributed by atoms with Crippen LogP contribution in [0.1, 0.15) is 0 Å². The van der Waals surface area contributed by atoms with Gasteiger partial charge in [0.2, 0.25) is 0 Å². The van der Waals surface area contributed by atoms with Crippen LogP contribution in [0.25, 0.3) is 0 Å². The molecule has 1 N–H and O–H groups in total. The van der Waals surface area contributed by atoms with Gasteiger partial charge in [0.25, 0.3) is 0 Å². The van der Waals surface area contributed by atoms with Gasteiger partial charge in [0, 0.05) is 18.0 Å². The van der Waals surface area contributed by atoms with E-state index in [2.05, 4.69) is 23.7 Å². The Kier molecular flexibility index (Phi) is 2.76. The van der Waals surface area contributed by atoms with Crippen molar-refractivity contribution in [2.45, 2.75) is 11.0 Å². The van der Waals surface area contributed by atoms with Crippen molar-refractivity contribution in [3.8, 4) is 5.75 Å². The summed E-state index contributed by atoms with van der Waals surface area (Å²) in [6.07, 6.45) is 2.45. The third-order valence-electron chi connectivity index (χ3n) is 2.11. The number of hydrogen-bond donors (Lipinski definition) is 1. The predicted octanol–water partition coefficient (Wildman–Crippen LogP) is 1.76. The van der Waals surface area contributed by atoms with E-state index >= 15 is 0 Å². The Balaban J connectivity index is 1.96. The zero-order valence-corrected chi connectivity index (χ0v) is 8.43. The molecule has 0 radical (unpaired) electrons. The second-order valence-corrected chi connectivity index (χ2v) is 3.95. The Morgan fingerprint density at radius 2 is 2.00 bits per heavy atom. The molecule has 2 rings (SSSR count). The van der Waals surface area contributed by atoms with Crippen molar-refractivity contribution >= 4 is 11.8 Å². The third-order valence-corrected chi connectivity index (χ3v) is 2.85. The molecule has 1 fully saturated rings. The topological polar surface area (TPSA) is 21.3 Å². The largest absolute Gasteiger partial charge is 0.488 e. The molecule has 1 saturated heterocycles. The van der Waals surface area contributed by atoms with Crippen molar-refractivity contribution in [3.63, 3.8) is 0 Å². The Labute approximate surface area is 82.7 Å². The highest BCUT2D eigenvalue weighted by atomic mass is 32.2. The molecule has 0 spiro atoms. The molecule has 0 saturated carbocycles. The van der Waals surface area contributed by atoms with E-state index < -0.39 is 0 Å². The van der Waals surface area contributed by atoms with Gasteiger partial charge >= 0.3 is 0 Å². The van der Waals surface area contributed by atoms with E-state index in [1.54, 1.807) is 11.8 Å². The Morgan fingerprint density at radius 3 is 2.46 bits per heavy atom. The van der Waals surface area contributed by atoms with Crippen molar-refractivity contribution in [2.75, 3.05) is 19.3 Å². The highest BCUT2D eigenvalue weighted by Crippen LogP contribution is 2.20. The minimum absolute atomic E-state index is 0.375. The van der Waals surface area contributed by atoms with E-state index in [1.165, 1.54) is 4.90 Å². The first-order chi connectivity index (χ1) is 6.38. The summed E-state index contributed by atoms with van der Waals surface area (Å²) >= 11 is 1.75. The van der Waals surface area contributed by atoms with Crippen LogP contribution in [-0.2, 0) is 0 Å². The van der Waals surface area contributed by atoms with E-state index in [9.17, 15) is 0 Å². The Hall–Kier alpha value is -0.670. The average Bonchev–Trinajstić information content (AvgIpc) is 2.12. The molecular formula is C10H13NOS. The van der Waals surface area contributed by atoms with Gasteiger partial charge in [0.1, 0.15) is 11.9 Å². The van der Waals surface area contributed by atoms with Crippen LogP contribution in [0.5, 0.6) is 5.75 Å². The molecule has 0 aromatic heterocycles. The summed E-state index contributed by atoms with van der Waals surface area (Å²) in [5.74, 6) is 0.976. The number of hydrogen-bond acceptors (Lipinski definition) is 3. The van der Waals surface area contributed by atoms with Crippen LogP contribution in [-0.4, -0.2) is 25.4 Å². The highest BCUT2D eigenvalue weighted by molar-refractivity contribution is 7.98. The number of benzene rings is 1. The van der Waals surface area contributed by atoms with E-state index in [0.29, 0.717) is 6.10 Å². The minimum Gasteiger partial charge on any atom is -0.488 e. The summed E-state index contributed by atoms with van der Waals surface area (Å²) in [4.78, 5) is 1.28. The molecule has 0 unspecified atom stereocenters. The summed E-state index contributed by atoms with van der Waals surface area (Å²) < 4.78 is 5.68. The molecule has 1 aliphatic heterocycles. The molecule has 70 valence electrons. The SMILES string of the molecule is CSc1ccc(OC2CNC2)cc1. The third kappa shape index (κ3) is 2.17. The maximum atomic E-state index is 5.68. The fraction of sp³-hybridized carbons (Fsp3) is 0.400. The molecule has 13 heavy (non-hydrogen) atoms. The molecule has 2 nitrogen and oxygen atoms in total. The van der Waals surface area contributed by atoms with Crippen molar-refractivity contribution in [3.05, 3.63) is 24.3 Å². The highest BCUT2D eigenvalue weighted by Gasteiger charge is 2.17. The molecule has 0 amide bonds. The lowest BCUT2D eigenvalue weighted by atomic mass is 10.2. The fourth-order valence-corrected chi connectivity index (χ4v) is 1.60. The van der Waals surface area contributed by atoms with E-state index in [-0.39, 0.29) is 0 Å². The fourth-order valence-electron chi connectivity index (χ4n) is 1.19. The van der Waals surface area contributed by atoms with Gasteiger partial charge in [-0.15, -0.1) is 11.8 Å². The second kappa shape index (κ2) is 4.03. The van der Waals surface area contributed by atoms with Crippen molar-refractivity contribution in [2.24, 2.45) is 0 Å². The zero-order chi connectivity index (χ0) is 9.10. The molecular weight excluding hydrogens is 182 g/mol. The van der Waals surface area contributed by atoms with Crippen LogP contribution in [0.3, 0.4) is 0 Å². The molecule has 1 aromatic carbocycles. The predicted molar refractivity (Wildman–Crippen MR) is 55.5 cm³/mol. The summed E-state index contributed by atoms with van der Waals surface area (Å²) in [6.45, 7) is 1.95. The van der Waals surface area contributed by atoms with Gasteiger partial charge in [-0.05, 0) is 30.5 Å². The van der Waals surface area contributed by atoms with Gasteiger partial charge in [-0.25, -0.2) is 0 Å². The van der Waals surface area contributed by atoms with Crippen LogP contribution >= 0.6 is 11.8 Å². The zero-order valence-electron chi connectivity index (χ0n) is 7.62. The molecule has 1 aliphatic rings. The van der Waals surface area contributed by atoms with Crippen LogP contribution in [0.2, 0.25) is 0 Å². The Morgan fingerprint density at radius 1 is 1.31 bits per heavy atom. The number of nitrogens with one attached hydrogen (secondary N) is 1. The minimum atomic E-state index is 0.375. The second-order valence-electron chi connectivity index (χ2n) is 3.07. The van der Waals surface area contributed by atoms with Crippen LogP contribution < -0.4 is 10.1 Å². The molecule has 0 bridgehead atoms. The first kappa shape index (κ1) is 8.91. The lowest BCUT2D eigenvalue weighted by molar-refractivity contribution is 0.142. The van der Waals surface area contributed by atoms with Crippen LogP contribution in [0.4, 0.5) is 0 Å². The van der Waals surface area contributed by atoms with Gasteiger partial charge in [0.15, 0.2) is 0 Å². The molecule has 0 atom stereocenters. The van der Waals surface area contributed by atoms with Gasteiger partial charge in [-0.3, -0.25) is 0 Å². The van der Waals surface area contributed by atoms with E-state index in [4.69, 9.17) is 4.74 Å². The van der Waals surface area contributed by atoms with Crippen LogP contribution in [0.15, 0.2) is 29.2 Å². The van der Waals surface area contributed by atoms with Gasteiger partial charge in [0.05, 0.1) is 0 Å². The number of rotatable bonds is 3. The quantitative estimate of drug-likeness (QED) is 0.743. The molecule has 1 heterocycles. The summed E-state index contributed by atoms with van der Waals surface area (Å²) in [7, 11) is 0. The van der Waals surface area contributed by atoms with Crippen LogP contribution in [0, 0.1) is 0 Å². The Bertz CT molecular complexity index is 269. The van der Waals surface area contributed by atoms with Gasteiger partial charge in [-0.1, -0.05) is 0 Å². The first-order valence-corrected chi connectivity index (χ1v) is 5.62. The smallest absolute Gasteiger partial charge is 0.123 e. The standard InChI is InChI=1S/C10H13NOS/c1-13-10-4-2-8(3-5-10)12-9-6-11-7-9/h2-5,9,11H,6-7H2,1H3. The first-order valence-electron chi connectivity index (χ1n) is 4.40. The lowest BCUT2D eigenvalue weighted by Crippen LogP contribution is -2.50. The summed E-state index contributed by atoms with van der Waals surface area (Å²) in [6, 6.07) is 8.24. The van der Waals surface area contributed by atoms with Gasteiger partial charge in [-0.2, -0.15) is 0 Å². The average molecular weight is 195 g/mol. The lowest BCUT2D eigenvalue weighted by Gasteiger charge is -2.27. The van der Waals surface area contributed by atoms with Gasteiger partial charge < -0.3 is 10.1 Å². The van der Waals surface area contributed by atoms with Crippen molar-refractivity contribution in [1.82, 2.24) is 5.32 Å². The molecule has 3 heteroatoms. The maximum absolute atomic E-state index is 5.68. The molecule has 0 aliphatic carbocycles. The monoisotopic (exact) mass is 195 g/mol. The van der Waals surface area contributed by atoms with Crippen molar-refractivity contribution in [1.29, 1.82) is 0 Å². The molecule has 1 aromatic rings. The summed E-state index contributed by atoms with van der Waals surface area (Å²) in [5.41, 5.74) is 0. The number of ether oxygens (including phenoxy) is 1. The van der Waals surface area contributed by atoms with E-state index in [0.717, 1.165) is 18.8 Å². The normalized spacial score (nSPS) is 16.7. The maximum Gasteiger partial charge on any atom is 0.123 e. The van der Waals surface area contributed by atoms with Crippen molar-refractivity contribution < 1.29 is 4.74 Å². The summed E-state index contributed by atoms with van der Waals surface area (Å²) in [5, 5.41) is 3.17. The van der Waals surface area contributed by atoms with E-state index in [1.807, 2.05) is 12.1 Å². The number of thioether (sulfide) groups is 1.